The summed E-state index contributed by atoms with van der Waals surface area (Å²) in [4.78, 5) is 38.0. The Balaban J connectivity index is 2.19. The minimum atomic E-state index is -1.63. The topological polar surface area (TPSA) is 154 Å². The Morgan fingerprint density at radius 3 is 2.29 bits per heavy atom. The number of carbonyl (C=O) groups is 3. The number of benzene rings is 1. The second-order valence-corrected chi connectivity index (χ2v) is 9.32. The lowest BCUT2D eigenvalue weighted by atomic mass is 9.80. The third-order valence-electron chi connectivity index (χ3n) is 5.23. The molecule has 1 aromatic rings. The highest BCUT2D eigenvalue weighted by molar-refractivity contribution is 6.58. The number of carbonyl (C=O) groups excluding carboxylic acids is 3. The van der Waals surface area contributed by atoms with E-state index in [4.69, 9.17) is 9.47 Å². The highest BCUT2D eigenvalue weighted by atomic mass is 16.6. The van der Waals surface area contributed by atoms with Crippen LogP contribution < -0.4 is 16.1 Å². The van der Waals surface area contributed by atoms with Crippen molar-refractivity contribution in [2.75, 3.05) is 7.11 Å². The van der Waals surface area contributed by atoms with Gasteiger partial charge in [-0.1, -0.05) is 30.3 Å². The summed E-state index contributed by atoms with van der Waals surface area (Å²) in [6.07, 6.45) is 4.90. The summed E-state index contributed by atoms with van der Waals surface area (Å²) in [5, 5.41) is 33.3. The molecule has 5 N–H and O–H groups in total. The molecule has 190 valence electrons. The van der Waals surface area contributed by atoms with Crippen LogP contribution in [0.5, 0.6) is 0 Å². The number of amides is 2. The van der Waals surface area contributed by atoms with Crippen LogP contribution in [0.1, 0.15) is 39.2 Å². The molecule has 11 heteroatoms. The van der Waals surface area contributed by atoms with Gasteiger partial charge >= 0.3 is 19.2 Å². The maximum atomic E-state index is 13.2. The Kier molecular flexibility index (Phi) is 9.91. The maximum Gasteiger partial charge on any atom is 0.488 e. The molecule has 0 saturated carbocycles. The number of hydrogen-bond donors (Lipinski definition) is 5. The summed E-state index contributed by atoms with van der Waals surface area (Å²) in [5.41, 5.74) is 0.127. The van der Waals surface area contributed by atoms with Gasteiger partial charge in [-0.15, -0.1) is 0 Å². The average Bonchev–Trinajstić information content (AvgIpc) is 2.78. The van der Waals surface area contributed by atoms with Crippen molar-refractivity contribution in [1.82, 2.24) is 10.6 Å². The molecule has 0 aliphatic heterocycles. The van der Waals surface area contributed by atoms with Gasteiger partial charge in [0, 0.05) is 6.42 Å². The SMILES string of the molecule is COC(=O)[C@H](CC1C=CC(O)=CC1)NC(=O)C(Cc1ccc(B(O)O)cc1)NC(=O)OC(C)(C)C. The lowest BCUT2D eigenvalue weighted by Crippen LogP contribution is -2.53. The van der Waals surface area contributed by atoms with Crippen LogP contribution in [0, 0.1) is 5.92 Å². The molecule has 1 aliphatic carbocycles. The molecule has 2 unspecified atom stereocenters. The van der Waals surface area contributed by atoms with Crippen LogP contribution in [-0.4, -0.2) is 65.0 Å². The summed E-state index contributed by atoms with van der Waals surface area (Å²) < 4.78 is 10.1. The van der Waals surface area contributed by atoms with Crippen LogP contribution in [0.15, 0.2) is 48.3 Å². The molecular formula is C24H33BN2O8. The van der Waals surface area contributed by atoms with Gasteiger partial charge in [0.05, 0.1) is 7.11 Å². The second-order valence-electron chi connectivity index (χ2n) is 9.32. The third kappa shape index (κ3) is 9.46. The molecule has 35 heavy (non-hydrogen) atoms. The number of rotatable bonds is 9. The highest BCUT2D eigenvalue weighted by Crippen LogP contribution is 2.20. The number of nitrogens with one attached hydrogen (secondary N) is 2. The van der Waals surface area contributed by atoms with Crippen molar-refractivity contribution in [3.05, 3.63) is 53.8 Å². The normalized spacial score (nSPS) is 17.0. The fourth-order valence-corrected chi connectivity index (χ4v) is 3.48. The molecule has 2 rings (SSSR count). The monoisotopic (exact) mass is 488 g/mol. The predicted molar refractivity (Wildman–Crippen MR) is 130 cm³/mol. The summed E-state index contributed by atoms with van der Waals surface area (Å²) in [5.74, 6) is -1.22. The van der Waals surface area contributed by atoms with E-state index in [0.717, 1.165) is 0 Å². The molecule has 3 atom stereocenters. The van der Waals surface area contributed by atoms with Crippen molar-refractivity contribution in [1.29, 1.82) is 0 Å². The standard InChI is InChI=1S/C24H33BN2O8/c1-24(2,3)35-23(31)27-19(13-15-5-9-17(10-6-15)25(32)33)21(29)26-20(22(30)34-4)14-16-7-11-18(28)12-8-16/h5-7,9-12,16,19-20,28,32-33H,8,13-14H2,1-4H3,(H,26,29)(H,27,31)/t16?,19?,20-/m0/s1. The number of aliphatic hydroxyl groups excluding tert-OH is 1. The molecule has 1 aliphatic rings. The van der Waals surface area contributed by atoms with Gasteiger partial charge in [0.2, 0.25) is 5.91 Å². The summed E-state index contributed by atoms with van der Waals surface area (Å²) >= 11 is 0. The van der Waals surface area contributed by atoms with Gasteiger partial charge in [-0.25, -0.2) is 9.59 Å². The second kappa shape index (κ2) is 12.4. The Hall–Kier alpha value is -3.31. The number of methoxy groups -OCH3 is 1. The van der Waals surface area contributed by atoms with Crippen LogP contribution in [0.4, 0.5) is 4.79 Å². The lowest BCUT2D eigenvalue weighted by molar-refractivity contribution is -0.145. The minimum Gasteiger partial charge on any atom is -0.508 e. The van der Waals surface area contributed by atoms with E-state index >= 15 is 0 Å². The van der Waals surface area contributed by atoms with E-state index in [0.29, 0.717) is 12.0 Å². The van der Waals surface area contributed by atoms with Crippen molar-refractivity contribution in [3.8, 4) is 0 Å². The molecule has 0 bridgehead atoms. The zero-order valence-electron chi connectivity index (χ0n) is 20.4. The highest BCUT2D eigenvalue weighted by Gasteiger charge is 2.30. The summed E-state index contributed by atoms with van der Waals surface area (Å²) in [6, 6.07) is 4.14. The van der Waals surface area contributed by atoms with Crippen molar-refractivity contribution in [2.45, 2.75) is 57.7 Å². The van der Waals surface area contributed by atoms with Crippen molar-refractivity contribution >= 4 is 30.6 Å². The Morgan fingerprint density at radius 1 is 1.11 bits per heavy atom. The van der Waals surface area contributed by atoms with Gasteiger partial charge in [-0.3, -0.25) is 4.79 Å². The number of allylic oxidation sites excluding steroid dienone is 3. The van der Waals surface area contributed by atoms with Crippen LogP contribution in [0.2, 0.25) is 0 Å². The lowest BCUT2D eigenvalue weighted by Gasteiger charge is -2.26. The van der Waals surface area contributed by atoms with Gasteiger partial charge in [-0.2, -0.15) is 0 Å². The average molecular weight is 488 g/mol. The van der Waals surface area contributed by atoms with Crippen molar-refractivity contribution < 1.29 is 39.0 Å². The fraction of sp³-hybridized carbons (Fsp3) is 0.458. The van der Waals surface area contributed by atoms with E-state index in [-0.39, 0.29) is 30.0 Å². The molecule has 1 aromatic carbocycles. The van der Waals surface area contributed by atoms with Gasteiger partial charge in [-0.05, 0) is 62.7 Å². The first-order valence-corrected chi connectivity index (χ1v) is 11.3. The van der Waals surface area contributed by atoms with E-state index in [1.165, 1.54) is 25.3 Å². The number of aliphatic hydroxyl groups is 1. The molecule has 10 nitrogen and oxygen atoms in total. The molecule has 0 heterocycles. The Labute approximate surface area is 205 Å². The van der Waals surface area contributed by atoms with E-state index < -0.39 is 42.8 Å². The van der Waals surface area contributed by atoms with Gasteiger partial charge in [0.15, 0.2) is 0 Å². The number of esters is 1. The maximum absolute atomic E-state index is 13.2. The molecule has 0 radical (unpaired) electrons. The quantitative estimate of drug-likeness (QED) is 0.253. The van der Waals surface area contributed by atoms with Crippen LogP contribution in [0.3, 0.4) is 0 Å². The molecule has 0 spiro atoms. The largest absolute Gasteiger partial charge is 0.508 e. The smallest absolute Gasteiger partial charge is 0.488 e. The Morgan fingerprint density at radius 2 is 1.77 bits per heavy atom. The van der Waals surface area contributed by atoms with Gasteiger partial charge in [0.25, 0.3) is 0 Å². The number of ether oxygens (including phenoxy) is 2. The van der Waals surface area contributed by atoms with Crippen LogP contribution in [0.25, 0.3) is 0 Å². The molecule has 2 amide bonds. The molecular weight excluding hydrogens is 455 g/mol. The first kappa shape index (κ1) is 27.9. The van der Waals surface area contributed by atoms with E-state index in [2.05, 4.69) is 10.6 Å². The minimum absolute atomic E-state index is 0.0563. The first-order chi connectivity index (χ1) is 16.4. The van der Waals surface area contributed by atoms with Crippen LogP contribution in [-0.2, 0) is 25.5 Å². The fourth-order valence-electron chi connectivity index (χ4n) is 3.48. The van der Waals surface area contributed by atoms with Crippen LogP contribution >= 0.6 is 0 Å². The van der Waals surface area contributed by atoms with Gasteiger partial charge < -0.3 is 35.3 Å². The zero-order valence-corrected chi connectivity index (χ0v) is 20.4. The number of alkyl carbamates (subject to hydrolysis) is 1. The van der Waals surface area contributed by atoms with Gasteiger partial charge in [0.1, 0.15) is 23.4 Å². The number of hydrogen-bond acceptors (Lipinski definition) is 8. The zero-order chi connectivity index (χ0) is 26.2. The summed E-state index contributed by atoms with van der Waals surface area (Å²) in [7, 11) is -0.410. The van der Waals surface area contributed by atoms with E-state index in [1.807, 2.05) is 0 Å². The summed E-state index contributed by atoms with van der Waals surface area (Å²) in [6.45, 7) is 5.08. The Bertz CT molecular complexity index is 953. The van der Waals surface area contributed by atoms with E-state index in [1.54, 1.807) is 45.1 Å². The third-order valence-corrected chi connectivity index (χ3v) is 5.23. The molecule has 0 saturated heterocycles. The molecule has 0 fully saturated rings. The van der Waals surface area contributed by atoms with Crippen molar-refractivity contribution in [3.63, 3.8) is 0 Å². The molecule has 0 aromatic heterocycles. The predicted octanol–water partition coefficient (Wildman–Crippen LogP) is 0.868. The van der Waals surface area contributed by atoms with Crippen molar-refractivity contribution in [2.24, 2.45) is 5.92 Å². The van der Waals surface area contributed by atoms with E-state index in [9.17, 15) is 29.5 Å². The first-order valence-electron chi connectivity index (χ1n) is 11.3.